The zero-order chi connectivity index (χ0) is 20.1. The van der Waals surface area contributed by atoms with Crippen molar-refractivity contribution < 1.29 is 18.7 Å². The van der Waals surface area contributed by atoms with Gasteiger partial charge in [-0.25, -0.2) is 4.39 Å². The Labute approximate surface area is 164 Å². The van der Waals surface area contributed by atoms with Gasteiger partial charge in [0.05, 0.1) is 10.7 Å². The molecule has 0 radical (unpaired) electrons. The Morgan fingerprint density at radius 3 is 2.46 bits per heavy atom. The van der Waals surface area contributed by atoms with Crippen molar-refractivity contribution in [2.45, 2.75) is 70.1 Å². The molecule has 1 amide bonds. The molecule has 4 nitrogen and oxygen atoms in total. The SMILES string of the molecule is CCC(C)CC(=O)Nc1cc(SC(C)C(=O)OC(C)(C)C)c(Cl)cc1F. The van der Waals surface area contributed by atoms with Crippen molar-refractivity contribution in [2.24, 2.45) is 5.92 Å². The minimum absolute atomic E-state index is 0.0570. The van der Waals surface area contributed by atoms with Crippen LogP contribution >= 0.6 is 23.4 Å². The second-order valence-corrected chi connectivity index (χ2v) is 9.11. The maximum absolute atomic E-state index is 14.1. The number of ether oxygens (including phenoxy) is 1. The highest BCUT2D eigenvalue weighted by Gasteiger charge is 2.24. The second kappa shape index (κ2) is 9.60. The number of rotatable bonds is 7. The fraction of sp³-hybridized carbons (Fsp3) is 0.579. The Morgan fingerprint density at radius 2 is 1.92 bits per heavy atom. The highest BCUT2D eigenvalue weighted by Crippen LogP contribution is 2.35. The first kappa shape index (κ1) is 22.8. The molecule has 0 heterocycles. The summed E-state index contributed by atoms with van der Waals surface area (Å²) in [6.07, 6.45) is 1.18. The van der Waals surface area contributed by atoms with Gasteiger partial charge in [-0.05, 0) is 45.7 Å². The Kier molecular flexibility index (Phi) is 8.41. The number of anilines is 1. The Morgan fingerprint density at radius 1 is 1.31 bits per heavy atom. The molecule has 0 bridgehead atoms. The number of thioether (sulfide) groups is 1. The van der Waals surface area contributed by atoms with Crippen molar-refractivity contribution >= 4 is 40.9 Å². The summed E-state index contributed by atoms with van der Waals surface area (Å²) in [5, 5.41) is 2.24. The molecule has 2 atom stereocenters. The van der Waals surface area contributed by atoms with Crippen LogP contribution in [0.1, 0.15) is 54.4 Å². The second-order valence-electron chi connectivity index (χ2n) is 7.32. The molecule has 1 aromatic carbocycles. The van der Waals surface area contributed by atoms with Gasteiger partial charge in [0.15, 0.2) is 0 Å². The number of nitrogens with one attached hydrogen (secondary N) is 1. The molecule has 0 aliphatic heterocycles. The van der Waals surface area contributed by atoms with Crippen LogP contribution in [0.15, 0.2) is 17.0 Å². The van der Waals surface area contributed by atoms with Crippen molar-refractivity contribution in [3.8, 4) is 0 Å². The van der Waals surface area contributed by atoms with E-state index in [2.05, 4.69) is 5.32 Å². The maximum atomic E-state index is 14.1. The summed E-state index contributed by atoms with van der Waals surface area (Å²) in [7, 11) is 0. The van der Waals surface area contributed by atoms with Gasteiger partial charge in [0.1, 0.15) is 16.7 Å². The van der Waals surface area contributed by atoms with Gasteiger partial charge < -0.3 is 10.1 Å². The molecule has 1 N–H and O–H groups in total. The molecule has 0 aliphatic carbocycles. The average Bonchev–Trinajstić information content (AvgIpc) is 2.49. The third-order valence-electron chi connectivity index (χ3n) is 3.57. The van der Waals surface area contributed by atoms with Crippen LogP contribution in [0.2, 0.25) is 5.02 Å². The van der Waals surface area contributed by atoms with Crippen LogP contribution < -0.4 is 5.32 Å². The highest BCUT2D eigenvalue weighted by atomic mass is 35.5. The van der Waals surface area contributed by atoms with Crippen LogP contribution in [0, 0.1) is 11.7 Å². The number of halogens is 2. The van der Waals surface area contributed by atoms with E-state index in [0.29, 0.717) is 11.3 Å². The Bertz CT molecular complexity index is 661. The summed E-state index contributed by atoms with van der Waals surface area (Å²) in [4.78, 5) is 24.7. The van der Waals surface area contributed by atoms with Gasteiger partial charge >= 0.3 is 5.97 Å². The van der Waals surface area contributed by atoms with Gasteiger partial charge in [0.25, 0.3) is 0 Å². The van der Waals surface area contributed by atoms with E-state index < -0.39 is 16.7 Å². The molecule has 0 spiro atoms. The summed E-state index contributed by atoms with van der Waals surface area (Å²) < 4.78 is 19.5. The van der Waals surface area contributed by atoms with E-state index in [1.807, 2.05) is 13.8 Å². The zero-order valence-corrected chi connectivity index (χ0v) is 17.7. The molecule has 7 heteroatoms. The van der Waals surface area contributed by atoms with Crippen LogP contribution in [-0.4, -0.2) is 22.7 Å². The Hall–Kier alpha value is -1.27. The van der Waals surface area contributed by atoms with E-state index in [1.165, 1.54) is 6.07 Å². The third-order valence-corrected chi connectivity index (χ3v) is 5.13. The normalized spacial score (nSPS) is 13.8. The molecule has 1 aromatic rings. The fourth-order valence-electron chi connectivity index (χ4n) is 2.00. The summed E-state index contributed by atoms with van der Waals surface area (Å²) in [6.45, 7) is 11.0. The average molecular weight is 404 g/mol. The molecular formula is C19H27ClFNO3S. The van der Waals surface area contributed by atoms with Crippen molar-refractivity contribution in [3.05, 3.63) is 23.0 Å². The van der Waals surface area contributed by atoms with Crippen LogP contribution in [0.25, 0.3) is 0 Å². The van der Waals surface area contributed by atoms with Crippen molar-refractivity contribution in [1.82, 2.24) is 0 Å². The predicted octanol–water partition coefficient (Wildman–Crippen LogP) is 5.68. The standard InChI is InChI=1S/C19H27ClFNO3S/c1-7-11(2)8-17(23)22-15-10-16(13(20)9-14(15)21)26-12(3)18(24)25-19(4,5)6/h9-12H,7-8H2,1-6H3,(H,22,23). The lowest BCUT2D eigenvalue weighted by Crippen LogP contribution is -2.28. The molecule has 0 saturated carbocycles. The maximum Gasteiger partial charge on any atom is 0.319 e. The summed E-state index contributed by atoms with van der Waals surface area (Å²) in [5.74, 6) is -1.03. The number of benzene rings is 1. The van der Waals surface area contributed by atoms with Gasteiger partial charge in [-0.2, -0.15) is 0 Å². The van der Waals surface area contributed by atoms with Gasteiger partial charge in [0, 0.05) is 11.3 Å². The topological polar surface area (TPSA) is 55.4 Å². The minimum Gasteiger partial charge on any atom is -0.459 e. The molecule has 0 aliphatic rings. The number of carbonyl (C=O) groups excluding carboxylic acids is 2. The molecule has 2 unspecified atom stereocenters. The predicted molar refractivity (Wildman–Crippen MR) is 105 cm³/mol. The smallest absolute Gasteiger partial charge is 0.319 e. The summed E-state index contributed by atoms with van der Waals surface area (Å²) >= 11 is 7.26. The summed E-state index contributed by atoms with van der Waals surface area (Å²) in [6, 6.07) is 2.60. The van der Waals surface area contributed by atoms with Crippen LogP contribution in [0.5, 0.6) is 0 Å². The number of carbonyl (C=O) groups is 2. The van der Waals surface area contributed by atoms with E-state index >= 15 is 0 Å². The van der Waals surface area contributed by atoms with Gasteiger partial charge in [-0.15, -0.1) is 11.8 Å². The lowest BCUT2D eigenvalue weighted by molar-refractivity contribution is -0.153. The third kappa shape index (κ3) is 7.54. The molecule has 0 aromatic heterocycles. The number of hydrogen-bond acceptors (Lipinski definition) is 4. The molecular weight excluding hydrogens is 377 g/mol. The van der Waals surface area contributed by atoms with Crippen molar-refractivity contribution in [2.75, 3.05) is 5.32 Å². The lowest BCUT2D eigenvalue weighted by Gasteiger charge is -2.22. The minimum atomic E-state index is -0.609. The quantitative estimate of drug-likeness (QED) is 0.470. The van der Waals surface area contributed by atoms with Gasteiger partial charge in [-0.1, -0.05) is 31.9 Å². The van der Waals surface area contributed by atoms with Gasteiger partial charge in [-0.3, -0.25) is 9.59 Å². The zero-order valence-electron chi connectivity index (χ0n) is 16.1. The first-order valence-electron chi connectivity index (χ1n) is 8.61. The lowest BCUT2D eigenvalue weighted by atomic mass is 10.1. The molecule has 0 saturated heterocycles. The molecule has 146 valence electrons. The monoisotopic (exact) mass is 403 g/mol. The van der Waals surface area contributed by atoms with E-state index in [9.17, 15) is 14.0 Å². The number of amides is 1. The van der Waals surface area contributed by atoms with Crippen LogP contribution in [0.4, 0.5) is 10.1 Å². The summed E-state index contributed by atoms with van der Waals surface area (Å²) in [5.41, 5.74) is -0.533. The van der Waals surface area contributed by atoms with E-state index in [1.54, 1.807) is 27.7 Å². The number of hydrogen-bond donors (Lipinski definition) is 1. The number of esters is 1. The van der Waals surface area contributed by atoms with E-state index in [0.717, 1.165) is 24.2 Å². The highest BCUT2D eigenvalue weighted by molar-refractivity contribution is 8.00. The van der Waals surface area contributed by atoms with Crippen LogP contribution in [-0.2, 0) is 14.3 Å². The fourth-order valence-corrected chi connectivity index (χ4v) is 3.17. The molecule has 26 heavy (non-hydrogen) atoms. The molecule has 0 fully saturated rings. The first-order valence-corrected chi connectivity index (χ1v) is 9.87. The molecule has 1 rings (SSSR count). The van der Waals surface area contributed by atoms with Crippen molar-refractivity contribution in [3.63, 3.8) is 0 Å². The Balaban J connectivity index is 2.90. The van der Waals surface area contributed by atoms with Crippen molar-refractivity contribution in [1.29, 1.82) is 0 Å². The first-order chi connectivity index (χ1) is 11.9. The van der Waals surface area contributed by atoms with Crippen LogP contribution in [0.3, 0.4) is 0 Å². The van der Waals surface area contributed by atoms with E-state index in [4.69, 9.17) is 16.3 Å². The van der Waals surface area contributed by atoms with Gasteiger partial charge in [0.2, 0.25) is 5.91 Å². The van der Waals surface area contributed by atoms with E-state index in [-0.39, 0.29) is 28.5 Å². The largest absolute Gasteiger partial charge is 0.459 e.